The van der Waals surface area contributed by atoms with Gasteiger partial charge in [-0.15, -0.1) is 0 Å². The highest BCUT2D eigenvalue weighted by Crippen LogP contribution is 2.45. The number of carbonyl (C=O) groups is 1. The highest BCUT2D eigenvalue weighted by molar-refractivity contribution is 5.80. The van der Waals surface area contributed by atoms with Crippen LogP contribution in [-0.2, 0) is 27.5 Å². The number of carbonyl (C=O) groups excluding carboxylic acids is 1. The molecule has 0 aliphatic carbocycles. The molecule has 0 radical (unpaired) electrons. The van der Waals surface area contributed by atoms with Gasteiger partial charge in [-0.3, -0.25) is 4.79 Å². The molecule has 3 rings (SSSR count). The van der Waals surface area contributed by atoms with Crippen molar-refractivity contribution in [2.24, 2.45) is 11.3 Å². The Hall–Kier alpha value is -3.55. The molecule has 0 saturated heterocycles. The third-order valence-corrected chi connectivity index (χ3v) is 7.32. The van der Waals surface area contributed by atoms with Gasteiger partial charge in [-0.1, -0.05) is 36.4 Å². The van der Waals surface area contributed by atoms with Crippen LogP contribution < -0.4 is 21.3 Å². The summed E-state index contributed by atoms with van der Waals surface area (Å²) in [5.41, 5.74) is 13.1. The lowest BCUT2D eigenvalue weighted by atomic mass is 9.69. The molecule has 7 nitrogen and oxygen atoms in total. The quantitative estimate of drug-likeness (QED) is 0.146. The van der Waals surface area contributed by atoms with E-state index in [1.807, 2.05) is 64.1 Å². The van der Waals surface area contributed by atoms with Crippen LogP contribution in [0.4, 0.5) is 11.4 Å². The van der Waals surface area contributed by atoms with Crippen LogP contribution in [0.3, 0.4) is 0 Å². The van der Waals surface area contributed by atoms with Crippen LogP contribution in [0.15, 0.2) is 54.6 Å². The van der Waals surface area contributed by atoms with E-state index in [1.54, 1.807) is 12.1 Å². The molecule has 4 N–H and O–H groups in total. The number of hydrazine groups is 1. The number of nitrogens with two attached hydrogens (primary N) is 2. The number of methoxy groups -OCH3 is 2. The van der Waals surface area contributed by atoms with Crippen molar-refractivity contribution in [2.75, 3.05) is 31.5 Å². The number of nitrogens with zero attached hydrogens (tertiary/aromatic N) is 1. The molecule has 1 unspecified atom stereocenters. The molecule has 3 aromatic carbocycles. The fourth-order valence-corrected chi connectivity index (χ4v) is 4.86. The molecule has 0 spiro atoms. The molecule has 204 valence electrons. The van der Waals surface area contributed by atoms with Crippen LogP contribution in [-0.4, -0.2) is 26.7 Å². The molecular formula is C31H41N3O4. The van der Waals surface area contributed by atoms with Crippen LogP contribution in [0.2, 0.25) is 0 Å². The summed E-state index contributed by atoms with van der Waals surface area (Å²) in [5.74, 6) is 6.37. The molecule has 0 aromatic heterocycles. The molecule has 0 saturated carbocycles. The third kappa shape index (κ3) is 6.11. The predicted molar refractivity (Wildman–Crippen MR) is 153 cm³/mol. The van der Waals surface area contributed by atoms with Gasteiger partial charge in [0.1, 0.15) is 5.75 Å². The van der Waals surface area contributed by atoms with E-state index in [4.69, 9.17) is 25.8 Å². The van der Waals surface area contributed by atoms with E-state index < -0.39 is 5.41 Å². The number of hydrogen-bond donors (Lipinski definition) is 2. The third-order valence-electron chi connectivity index (χ3n) is 7.32. The molecule has 0 fully saturated rings. The van der Waals surface area contributed by atoms with Gasteiger partial charge in [0.05, 0.1) is 44.2 Å². The first kappa shape index (κ1) is 29.0. The van der Waals surface area contributed by atoms with Crippen molar-refractivity contribution in [3.63, 3.8) is 0 Å². The predicted octanol–water partition coefficient (Wildman–Crippen LogP) is 5.64. The summed E-state index contributed by atoms with van der Waals surface area (Å²) in [4.78, 5) is 13.1. The number of rotatable bonds is 11. The van der Waals surface area contributed by atoms with E-state index in [0.29, 0.717) is 25.4 Å². The van der Waals surface area contributed by atoms with E-state index in [9.17, 15) is 4.79 Å². The van der Waals surface area contributed by atoms with E-state index >= 15 is 0 Å². The number of anilines is 2. The Bertz CT molecular complexity index is 1250. The topological polar surface area (TPSA) is 100 Å². The van der Waals surface area contributed by atoms with Crippen LogP contribution >= 0.6 is 0 Å². The number of hydrogen-bond acceptors (Lipinski definition) is 7. The number of ether oxygens (including phenoxy) is 3. The van der Waals surface area contributed by atoms with Gasteiger partial charge in [0, 0.05) is 12.5 Å². The Balaban J connectivity index is 1.99. The molecule has 7 heteroatoms. The van der Waals surface area contributed by atoms with Crippen LogP contribution in [0.5, 0.6) is 5.75 Å². The summed E-state index contributed by atoms with van der Waals surface area (Å²) in [7, 11) is 3.07. The first-order valence-electron chi connectivity index (χ1n) is 12.8. The minimum Gasteiger partial charge on any atom is -0.497 e. The zero-order valence-corrected chi connectivity index (χ0v) is 23.6. The maximum Gasteiger partial charge on any atom is 0.312 e. The van der Waals surface area contributed by atoms with Crippen molar-refractivity contribution >= 4 is 17.3 Å². The zero-order valence-electron chi connectivity index (χ0n) is 23.6. The molecule has 0 heterocycles. The molecule has 0 aliphatic heterocycles. The summed E-state index contributed by atoms with van der Waals surface area (Å²) < 4.78 is 16.6. The van der Waals surface area contributed by atoms with E-state index in [-0.39, 0.29) is 11.9 Å². The molecular weight excluding hydrogens is 478 g/mol. The summed E-state index contributed by atoms with van der Waals surface area (Å²) in [5, 5.41) is 1.62. The fraction of sp³-hybridized carbons (Fsp3) is 0.387. The first-order chi connectivity index (χ1) is 18.0. The van der Waals surface area contributed by atoms with Crippen molar-refractivity contribution in [2.45, 2.75) is 53.8 Å². The molecule has 0 aliphatic rings. The van der Waals surface area contributed by atoms with Gasteiger partial charge in [-0.05, 0) is 86.2 Å². The van der Waals surface area contributed by atoms with Gasteiger partial charge in [-0.25, -0.2) is 5.84 Å². The number of esters is 1. The van der Waals surface area contributed by atoms with Gasteiger partial charge >= 0.3 is 5.97 Å². The lowest BCUT2D eigenvalue weighted by Crippen LogP contribution is -2.34. The maximum atomic E-state index is 13.1. The van der Waals surface area contributed by atoms with Crippen molar-refractivity contribution in [1.29, 1.82) is 0 Å². The Morgan fingerprint density at radius 1 is 1.00 bits per heavy atom. The smallest absolute Gasteiger partial charge is 0.312 e. The Morgan fingerprint density at radius 3 is 2.29 bits per heavy atom. The molecule has 38 heavy (non-hydrogen) atoms. The second kappa shape index (κ2) is 12.3. The monoisotopic (exact) mass is 519 g/mol. The fourth-order valence-electron chi connectivity index (χ4n) is 4.86. The lowest BCUT2D eigenvalue weighted by Gasteiger charge is -2.35. The summed E-state index contributed by atoms with van der Waals surface area (Å²) >= 11 is 0. The second-order valence-electron chi connectivity index (χ2n) is 10.2. The largest absolute Gasteiger partial charge is 0.497 e. The van der Waals surface area contributed by atoms with Gasteiger partial charge < -0.3 is 25.0 Å². The van der Waals surface area contributed by atoms with Crippen LogP contribution in [0.25, 0.3) is 0 Å². The zero-order chi connectivity index (χ0) is 28.0. The van der Waals surface area contributed by atoms with Gasteiger partial charge in [-0.2, -0.15) is 0 Å². The highest BCUT2D eigenvalue weighted by atomic mass is 16.5. The number of benzene rings is 3. The SMILES string of the molecule is CCN(N)c1ccc(C(c2ccc(C)c(COCc3ccc(OC)cc3)c2)C(C)(C)C(=O)OC)c(C)c1N. The molecule has 0 bridgehead atoms. The average Bonchev–Trinajstić information content (AvgIpc) is 2.92. The van der Waals surface area contributed by atoms with Crippen LogP contribution in [0.1, 0.15) is 60.1 Å². The summed E-state index contributed by atoms with van der Waals surface area (Å²) in [6.07, 6.45) is 0. The van der Waals surface area contributed by atoms with E-state index in [0.717, 1.165) is 44.8 Å². The Kier molecular flexibility index (Phi) is 9.41. The number of aryl methyl sites for hydroxylation is 1. The average molecular weight is 520 g/mol. The van der Waals surface area contributed by atoms with Crippen molar-refractivity contribution in [3.05, 3.63) is 88.0 Å². The Labute approximate surface area is 226 Å². The molecule has 0 amide bonds. The van der Waals surface area contributed by atoms with E-state index in [1.165, 1.54) is 7.11 Å². The van der Waals surface area contributed by atoms with Crippen LogP contribution in [0, 0.1) is 19.3 Å². The summed E-state index contributed by atoms with van der Waals surface area (Å²) in [6, 6.07) is 18.1. The van der Waals surface area contributed by atoms with Gasteiger partial charge in [0.15, 0.2) is 0 Å². The normalized spacial score (nSPS) is 12.2. The standard InChI is InChI=1S/C31H41N3O4/c1-8-34(33)27-16-15-26(21(3)29(27)32)28(31(4,5)30(35)37-7)23-12-9-20(2)24(17-23)19-38-18-22-10-13-25(36-6)14-11-22/h9-17,28H,8,18-19,32-33H2,1-7H3. The maximum absolute atomic E-state index is 13.1. The first-order valence-corrected chi connectivity index (χ1v) is 12.8. The Morgan fingerprint density at radius 2 is 1.68 bits per heavy atom. The summed E-state index contributed by atoms with van der Waals surface area (Å²) in [6.45, 7) is 11.4. The van der Waals surface area contributed by atoms with Gasteiger partial charge in [0.25, 0.3) is 0 Å². The molecule has 1 atom stereocenters. The second-order valence-corrected chi connectivity index (χ2v) is 10.2. The van der Waals surface area contributed by atoms with Crippen molar-refractivity contribution < 1.29 is 19.0 Å². The molecule has 3 aromatic rings. The minimum absolute atomic E-state index is 0.295. The number of nitrogen functional groups attached to an aromatic ring is 1. The highest BCUT2D eigenvalue weighted by Gasteiger charge is 2.41. The van der Waals surface area contributed by atoms with Crippen molar-refractivity contribution in [1.82, 2.24) is 0 Å². The van der Waals surface area contributed by atoms with E-state index in [2.05, 4.69) is 25.1 Å². The minimum atomic E-state index is -0.864. The lowest BCUT2D eigenvalue weighted by molar-refractivity contribution is -0.151. The van der Waals surface area contributed by atoms with Crippen molar-refractivity contribution in [3.8, 4) is 5.75 Å². The van der Waals surface area contributed by atoms with Gasteiger partial charge in [0.2, 0.25) is 0 Å².